The summed E-state index contributed by atoms with van der Waals surface area (Å²) < 4.78 is 46.1. The van der Waals surface area contributed by atoms with Gasteiger partial charge in [-0.3, -0.25) is 4.79 Å². The molecule has 0 unspecified atom stereocenters. The summed E-state index contributed by atoms with van der Waals surface area (Å²) in [5.74, 6) is 0.519. The molecule has 0 fully saturated rings. The number of aromatic nitrogens is 4. The number of nitrogens with one attached hydrogen (secondary N) is 1. The van der Waals surface area contributed by atoms with Crippen molar-refractivity contribution in [2.45, 2.75) is 45.5 Å². The maximum Gasteiger partial charge on any atom is 0.345 e. The Bertz CT molecular complexity index is 1070. The minimum absolute atomic E-state index is 0.0140. The molecule has 0 saturated heterocycles. The van der Waals surface area contributed by atoms with E-state index in [1.807, 2.05) is 0 Å². The van der Waals surface area contributed by atoms with Gasteiger partial charge in [-0.2, -0.15) is 13.9 Å². The van der Waals surface area contributed by atoms with E-state index in [0.717, 1.165) is 12.4 Å². The second-order valence-corrected chi connectivity index (χ2v) is 7.18. The summed E-state index contributed by atoms with van der Waals surface area (Å²) in [5.41, 5.74) is -0.0244. The Morgan fingerprint density at radius 2 is 2.10 bits per heavy atom. The highest BCUT2D eigenvalue weighted by atomic mass is 19.3. The first-order valence-corrected chi connectivity index (χ1v) is 9.90. The molecule has 0 bridgehead atoms. The van der Waals surface area contributed by atoms with Gasteiger partial charge in [-0.15, -0.1) is 0 Å². The predicted molar refractivity (Wildman–Crippen MR) is 105 cm³/mol. The number of fused-ring (bicyclic) bond motifs is 2. The van der Waals surface area contributed by atoms with Crippen LogP contribution < -0.4 is 10.9 Å². The van der Waals surface area contributed by atoms with Gasteiger partial charge in [0.1, 0.15) is 11.6 Å². The van der Waals surface area contributed by atoms with Gasteiger partial charge in [0.25, 0.3) is 5.56 Å². The molecule has 1 aromatic carbocycles. The Hall–Kier alpha value is -2.72. The van der Waals surface area contributed by atoms with Crippen molar-refractivity contribution in [3.8, 4) is 11.4 Å². The molecule has 3 aromatic rings. The van der Waals surface area contributed by atoms with Gasteiger partial charge in [0.15, 0.2) is 5.82 Å². The highest BCUT2D eigenvalue weighted by Crippen LogP contribution is 2.25. The van der Waals surface area contributed by atoms with E-state index in [1.54, 1.807) is 23.0 Å². The van der Waals surface area contributed by atoms with E-state index >= 15 is 0 Å². The SMILES string of the molecule is O=c1c2cc(F)c(-c3nc4n(n3)CCNC4)cc2ccn1CCCCCOC(F)F. The van der Waals surface area contributed by atoms with Crippen LogP contribution in [0, 0.1) is 5.82 Å². The monoisotopic (exact) mass is 421 g/mol. The number of ether oxygens (including phenoxy) is 1. The number of benzene rings is 1. The normalized spacial score (nSPS) is 13.9. The highest BCUT2D eigenvalue weighted by Gasteiger charge is 2.18. The largest absolute Gasteiger partial charge is 0.345 e. The van der Waals surface area contributed by atoms with Gasteiger partial charge in [0.05, 0.1) is 30.6 Å². The molecule has 2 aromatic heterocycles. The third-order valence-corrected chi connectivity index (χ3v) is 5.12. The van der Waals surface area contributed by atoms with E-state index in [9.17, 15) is 18.0 Å². The molecule has 10 heteroatoms. The minimum Gasteiger partial charge on any atom is -0.323 e. The van der Waals surface area contributed by atoms with Gasteiger partial charge in [-0.1, -0.05) is 0 Å². The number of hydrogen-bond acceptors (Lipinski definition) is 5. The second kappa shape index (κ2) is 8.97. The van der Waals surface area contributed by atoms with Crippen molar-refractivity contribution < 1.29 is 17.9 Å². The Kier molecular flexibility index (Phi) is 6.14. The molecule has 30 heavy (non-hydrogen) atoms. The smallest absolute Gasteiger partial charge is 0.323 e. The average Bonchev–Trinajstić information content (AvgIpc) is 3.16. The molecule has 0 spiro atoms. The molecule has 0 radical (unpaired) electrons. The molecule has 0 aliphatic carbocycles. The maximum atomic E-state index is 14.8. The quantitative estimate of drug-likeness (QED) is 0.566. The molecular formula is C20H22F3N5O2. The van der Waals surface area contributed by atoms with E-state index in [2.05, 4.69) is 20.1 Å². The van der Waals surface area contributed by atoms with Crippen molar-refractivity contribution in [1.29, 1.82) is 0 Å². The molecular weight excluding hydrogens is 399 g/mol. The fraction of sp³-hybridized carbons (Fsp3) is 0.450. The first-order chi connectivity index (χ1) is 14.5. The summed E-state index contributed by atoms with van der Waals surface area (Å²) in [5, 5.41) is 8.48. The van der Waals surface area contributed by atoms with Gasteiger partial charge in [0, 0.05) is 19.3 Å². The van der Waals surface area contributed by atoms with Gasteiger partial charge in [-0.25, -0.2) is 14.1 Å². The number of alkyl halides is 2. The van der Waals surface area contributed by atoms with Crippen LogP contribution in [0.4, 0.5) is 13.2 Å². The zero-order valence-electron chi connectivity index (χ0n) is 16.3. The van der Waals surface area contributed by atoms with Crippen molar-refractivity contribution in [3.63, 3.8) is 0 Å². The summed E-state index contributed by atoms with van der Waals surface area (Å²) in [7, 11) is 0. The summed E-state index contributed by atoms with van der Waals surface area (Å²) in [6.07, 6.45) is 3.44. The number of nitrogens with zero attached hydrogens (tertiary/aromatic N) is 4. The van der Waals surface area contributed by atoms with Crippen LogP contribution in [0.15, 0.2) is 29.2 Å². The van der Waals surface area contributed by atoms with Crippen molar-refractivity contribution in [1.82, 2.24) is 24.6 Å². The Labute approximate surface area is 170 Å². The first-order valence-electron chi connectivity index (χ1n) is 9.90. The number of aryl methyl sites for hydroxylation is 1. The summed E-state index contributed by atoms with van der Waals surface area (Å²) in [6, 6.07) is 4.60. The van der Waals surface area contributed by atoms with Crippen LogP contribution >= 0.6 is 0 Å². The number of hydrogen-bond donors (Lipinski definition) is 1. The summed E-state index contributed by atoms with van der Waals surface area (Å²) in [4.78, 5) is 17.1. The van der Waals surface area contributed by atoms with Crippen molar-refractivity contribution in [3.05, 3.63) is 46.4 Å². The molecule has 0 saturated carbocycles. The third kappa shape index (κ3) is 4.39. The predicted octanol–water partition coefficient (Wildman–Crippen LogP) is 2.91. The standard InChI is InChI=1S/C20H22F3N5O2/c21-16-11-14-13(10-15(16)18-25-17-12-24-5-8-28(17)26-18)4-7-27(19(14)29)6-2-1-3-9-30-20(22)23/h4,7,10-11,20,24H,1-3,5-6,8-9,12H2. The Morgan fingerprint density at radius 1 is 1.23 bits per heavy atom. The van der Waals surface area contributed by atoms with E-state index in [1.165, 1.54) is 10.6 Å². The van der Waals surface area contributed by atoms with Crippen LogP contribution in [0.5, 0.6) is 0 Å². The average molecular weight is 421 g/mol. The van der Waals surface area contributed by atoms with E-state index < -0.39 is 12.4 Å². The van der Waals surface area contributed by atoms with Gasteiger partial charge in [-0.05, 0) is 42.8 Å². The fourth-order valence-electron chi connectivity index (χ4n) is 3.57. The number of halogens is 3. The van der Waals surface area contributed by atoms with Gasteiger partial charge in [0.2, 0.25) is 0 Å². The Morgan fingerprint density at radius 3 is 2.90 bits per heavy atom. The second-order valence-electron chi connectivity index (χ2n) is 7.18. The van der Waals surface area contributed by atoms with E-state index in [-0.39, 0.29) is 23.1 Å². The fourth-order valence-corrected chi connectivity index (χ4v) is 3.57. The minimum atomic E-state index is -2.76. The molecule has 0 atom stereocenters. The molecule has 160 valence electrons. The third-order valence-electron chi connectivity index (χ3n) is 5.12. The van der Waals surface area contributed by atoms with Crippen molar-refractivity contribution in [2.24, 2.45) is 0 Å². The topological polar surface area (TPSA) is 74.0 Å². The lowest BCUT2D eigenvalue weighted by Gasteiger charge is -2.11. The number of rotatable bonds is 8. The van der Waals surface area contributed by atoms with Gasteiger partial charge < -0.3 is 14.6 Å². The lowest BCUT2D eigenvalue weighted by molar-refractivity contribution is -0.129. The molecule has 1 aliphatic rings. The highest BCUT2D eigenvalue weighted by molar-refractivity contribution is 5.85. The van der Waals surface area contributed by atoms with Crippen LogP contribution in [-0.4, -0.2) is 39.1 Å². The lowest BCUT2D eigenvalue weighted by Crippen LogP contribution is -2.28. The summed E-state index contributed by atoms with van der Waals surface area (Å²) in [6.45, 7) is -0.297. The van der Waals surface area contributed by atoms with Crippen LogP contribution in [0.3, 0.4) is 0 Å². The molecule has 4 rings (SSSR count). The van der Waals surface area contributed by atoms with Gasteiger partial charge >= 0.3 is 6.61 Å². The zero-order chi connectivity index (χ0) is 21.1. The Balaban J connectivity index is 1.51. The van der Waals surface area contributed by atoms with E-state index in [0.29, 0.717) is 50.1 Å². The maximum absolute atomic E-state index is 14.8. The molecule has 1 N–H and O–H groups in total. The molecule has 7 nitrogen and oxygen atoms in total. The summed E-state index contributed by atoms with van der Waals surface area (Å²) >= 11 is 0. The van der Waals surface area contributed by atoms with Crippen LogP contribution in [-0.2, 0) is 24.4 Å². The van der Waals surface area contributed by atoms with E-state index in [4.69, 9.17) is 0 Å². The van der Waals surface area contributed by atoms with Crippen molar-refractivity contribution in [2.75, 3.05) is 13.2 Å². The first kappa shape index (κ1) is 20.5. The molecule has 3 heterocycles. The van der Waals surface area contributed by atoms with Crippen LogP contribution in [0.1, 0.15) is 25.1 Å². The molecule has 1 aliphatic heterocycles. The molecule has 0 amide bonds. The van der Waals surface area contributed by atoms with Crippen LogP contribution in [0.25, 0.3) is 22.2 Å². The van der Waals surface area contributed by atoms with Crippen LogP contribution in [0.2, 0.25) is 0 Å². The zero-order valence-corrected chi connectivity index (χ0v) is 16.3. The number of unbranched alkanes of at least 4 members (excludes halogenated alkanes) is 2. The lowest BCUT2D eigenvalue weighted by atomic mass is 10.1. The number of pyridine rings is 1. The van der Waals surface area contributed by atoms with Crippen molar-refractivity contribution >= 4 is 10.8 Å².